The van der Waals surface area contributed by atoms with Crippen LogP contribution in [0.15, 0.2) is 33.6 Å². The zero-order valence-corrected chi connectivity index (χ0v) is 18.0. The average Bonchev–Trinajstić information content (AvgIpc) is 3.00. The van der Waals surface area contributed by atoms with E-state index in [0.29, 0.717) is 24.3 Å². The maximum Gasteiger partial charge on any atom is 0.265 e. The van der Waals surface area contributed by atoms with E-state index in [1.807, 2.05) is 19.9 Å². The topological polar surface area (TPSA) is 75.7 Å². The maximum atomic E-state index is 13.1. The van der Waals surface area contributed by atoms with E-state index < -0.39 is 10.0 Å². The number of carbonyl (C=O) groups is 1. The molecule has 3 rings (SSSR count). The number of hydrogen-bond acceptors (Lipinski definition) is 4. The first-order chi connectivity index (χ1) is 12.6. The van der Waals surface area contributed by atoms with Crippen LogP contribution in [0.4, 0.5) is 11.4 Å². The fraction of sp³-hybridized carbons (Fsp3) is 0.316. The lowest BCUT2D eigenvalue weighted by atomic mass is 10.1. The Bertz CT molecular complexity index is 1030. The summed E-state index contributed by atoms with van der Waals surface area (Å²) in [5, 5.41) is 0. The van der Waals surface area contributed by atoms with Gasteiger partial charge in [-0.2, -0.15) is 0 Å². The summed E-state index contributed by atoms with van der Waals surface area (Å²) >= 11 is 3.42. The largest absolute Gasteiger partial charge is 0.495 e. The molecule has 1 amide bonds. The van der Waals surface area contributed by atoms with Crippen LogP contribution in [0.2, 0.25) is 0 Å². The molecule has 1 N–H and O–H groups in total. The van der Waals surface area contributed by atoms with E-state index >= 15 is 0 Å². The molecule has 0 saturated heterocycles. The predicted octanol–water partition coefficient (Wildman–Crippen LogP) is 3.78. The molecule has 0 atom stereocenters. The molecule has 0 radical (unpaired) electrons. The minimum atomic E-state index is -3.92. The van der Waals surface area contributed by atoms with E-state index in [-0.39, 0.29) is 16.6 Å². The number of rotatable bonds is 4. The molecule has 8 heteroatoms. The molecule has 2 aromatic carbocycles. The molecular weight excluding hydrogens is 432 g/mol. The monoisotopic (exact) mass is 452 g/mol. The highest BCUT2D eigenvalue weighted by molar-refractivity contribution is 9.10. The van der Waals surface area contributed by atoms with E-state index in [4.69, 9.17) is 4.74 Å². The molecule has 1 aliphatic heterocycles. The molecule has 1 aliphatic rings. The van der Waals surface area contributed by atoms with Crippen LogP contribution < -0.4 is 14.4 Å². The molecule has 0 saturated carbocycles. The minimum Gasteiger partial charge on any atom is -0.495 e. The third-order valence-corrected chi connectivity index (χ3v) is 6.57. The summed E-state index contributed by atoms with van der Waals surface area (Å²) in [6, 6.07) is 6.88. The van der Waals surface area contributed by atoms with Gasteiger partial charge in [0.05, 0.1) is 18.5 Å². The van der Waals surface area contributed by atoms with Crippen LogP contribution in [0.1, 0.15) is 23.6 Å². The van der Waals surface area contributed by atoms with Crippen LogP contribution >= 0.6 is 15.9 Å². The SMILES string of the molecule is COc1cc(C)c(C)cc1S(=O)(=O)Nc1cc(Br)cc2c1N(C(C)=O)CC2. The molecule has 144 valence electrons. The third-order valence-electron chi connectivity index (χ3n) is 4.72. The molecule has 0 aliphatic carbocycles. The lowest BCUT2D eigenvalue weighted by molar-refractivity contribution is -0.116. The fourth-order valence-electron chi connectivity index (χ4n) is 3.23. The molecule has 27 heavy (non-hydrogen) atoms. The van der Waals surface area contributed by atoms with Crippen LogP contribution in [0.5, 0.6) is 5.75 Å². The van der Waals surface area contributed by atoms with Crippen LogP contribution in [0, 0.1) is 13.8 Å². The number of sulfonamides is 1. The second kappa shape index (κ2) is 7.16. The highest BCUT2D eigenvalue weighted by Crippen LogP contribution is 2.40. The van der Waals surface area contributed by atoms with Gasteiger partial charge in [-0.05, 0) is 61.2 Å². The fourth-order valence-corrected chi connectivity index (χ4v) is 5.03. The van der Waals surface area contributed by atoms with Crippen molar-refractivity contribution in [2.45, 2.75) is 32.1 Å². The Hall–Kier alpha value is -2.06. The Kier molecular flexibility index (Phi) is 5.22. The lowest BCUT2D eigenvalue weighted by Crippen LogP contribution is -2.27. The van der Waals surface area contributed by atoms with Gasteiger partial charge in [-0.25, -0.2) is 8.42 Å². The van der Waals surface area contributed by atoms with E-state index in [1.165, 1.54) is 14.0 Å². The summed E-state index contributed by atoms with van der Waals surface area (Å²) in [5.41, 5.74) is 3.69. The summed E-state index contributed by atoms with van der Waals surface area (Å²) in [6.45, 7) is 5.75. The van der Waals surface area contributed by atoms with Crippen molar-refractivity contribution >= 4 is 43.2 Å². The number of fused-ring (bicyclic) bond motifs is 1. The molecule has 1 heterocycles. The predicted molar refractivity (Wildman–Crippen MR) is 109 cm³/mol. The van der Waals surface area contributed by atoms with Crippen molar-refractivity contribution in [2.75, 3.05) is 23.3 Å². The summed E-state index contributed by atoms with van der Waals surface area (Å²) < 4.78 is 34.9. The average molecular weight is 453 g/mol. The first-order valence-electron chi connectivity index (χ1n) is 8.42. The van der Waals surface area contributed by atoms with Gasteiger partial charge in [0.1, 0.15) is 10.6 Å². The highest BCUT2D eigenvalue weighted by atomic mass is 79.9. The first kappa shape index (κ1) is 19.7. The molecular formula is C19H21BrN2O4S. The minimum absolute atomic E-state index is 0.0641. The number of anilines is 2. The highest BCUT2D eigenvalue weighted by Gasteiger charge is 2.29. The second-order valence-electron chi connectivity index (χ2n) is 6.57. The number of carbonyl (C=O) groups excluding carboxylic acids is 1. The van der Waals surface area contributed by atoms with Crippen LogP contribution in [-0.2, 0) is 21.2 Å². The number of amides is 1. The summed E-state index contributed by atoms with van der Waals surface area (Å²) in [4.78, 5) is 13.6. The van der Waals surface area contributed by atoms with Gasteiger partial charge in [0.15, 0.2) is 0 Å². The Morgan fingerprint density at radius 3 is 2.48 bits per heavy atom. The maximum absolute atomic E-state index is 13.1. The first-order valence-corrected chi connectivity index (χ1v) is 10.7. The summed E-state index contributed by atoms with van der Waals surface area (Å²) in [7, 11) is -2.47. The number of halogens is 1. The van der Waals surface area contributed by atoms with E-state index in [1.54, 1.807) is 23.1 Å². The van der Waals surface area contributed by atoms with Gasteiger partial charge in [0.25, 0.3) is 10.0 Å². The zero-order chi connectivity index (χ0) is 19.9. The van der Waals surface area contributed by atoms with Crippen LogP contribution in [-0.4, -0.2) is 28.0 Å². The van der Waals surface area contributed by atoms with Crippen molar-refractivity contribution in [2.24, 2.45) is 0 Å². The number of benzene rings is 2. The van der Waals surface area contributed by atoms with Gasteiger partial charge < -0.3 is 9.64 Å². The third kappa shape index (κ3) is 3.68. The van der Waals surface area contributed by atoms with Crippen LogP contribution in [0.25, 0.3) is 0 Å². The number of methoxy groups -OCH3 is 1. The van der Waals surface area contributed by atoms with Gasteiger partial charge >= 0.3 is 0 Å². The quantitative estimate of drug-likeness (QED) is 0.765. The summed E-state index contributed by atoms with van der Waals surface area (Å²) in [5.74, 6) is 0.154. The number of ether oxygens (including phenoxy) is 1. The molecule has 0 aromatic heterocycles. The Balaban J connectivity index is 2.11. The lowest BCUT2D eigenvalue weighted by Gasteiger charge is -2.21. The van der Waals surface area contributed by atoms with Crippen molar-refractivity contribution < 1.29 is 17.9 Å². The number of hydrogen-bond donors (Lipinski definition) is 1. The molecule has 6 nitrogen and oxygen atoms in total. The Labute approximate surface area is 167 Å². The van der Waals surface area contributed by atoms with Crippen molar-refractivity contribution in [3.63, 3.8) is 0 Å². The Morgan fingerprint density at radius 1 is 1.19 bits per heavy atom. The van der Waals surface area contributed by atoms with E-state index in [2.05, 4.69) is 20.7 Å². The standard InChI is InChI=1S/C19H21BrN2O4S/c1-11-7-17(26-4)18(8-12(11)2)27(24,25)21-16-10-15(20)9-14-5-6-22(13(3)23)19(14)16/h7-10,21H,5-6H2,1-4H3. The van der Waals surface area contributed by atoms with Gasteiger partial charge in [-0.1, -0.05) is 15.9 Å². The smallest absolute Gasteiger partial charge is 0.265 e. The molecule has 0 fully saturated rings. The Morgan fingerprint density at radius 2 is 1.85 bits per heavy atom. The number of aryl methyl sites for hydroxylation is 2. The second-order valence-corrected chi connectivity index (χ2v) is 9.14. The van der Waals surface area contributed by atoms with Gasteiger partial charge in [0, 0.05) is 17.9 Å². The van der Waals surface area contributed by atoms with Gasteiger partial charge in [-0.3, -0.25) is 9.52 Å². The zero-order valence-electron chi connectivity index (χ0n) is 15.6. The molecule has 0 bridgehead atoms. The molecule has 2 aromatic rings. The van der Waals surface area contributed by atoms with Crippen molar-refractivity contribution in [1.82, 2.24) is 0 Å². The van der Waals surface area contributed by atoms with Gasteiger partial charge in [0.2, 0.25) is 5.91 Å². The number of nitrogens with one attached hydrogen (secondary N) is 1. The summed E-state index contributed by atoms with van der Waals surface area (Å²) in [6.07, 6.45) is 0.677. The van der Waals surface area contributed by atoms with Crippen LogP contribution in [0.3, 0.4) is 0 Å². The van der Waals surface area contributed by atoms with Crippen molar-refractivity contribution in [3.05, 3.63) is 45.4 Å². The van der Waals surface area contributed by atoms with Crippen molar-refractivity contribution in [1.29, 1.82) is 0 Å². The normalized spacial score (nSPS) is 13.4. The van der Waals surface area contributed by atoms with E-state index in [0.717, 1.165) is 21.2 Å². The number of nitrogens with zero attached hydrogens (tertiary/aromatic N) is 1. The molecule has 0 unspecified atom stereocenters. The van der Waals surface area contributed by atoms with E-state index in [9.17, 15) is 13.2 Å². The molecule has 0 spiro atoms. The van der Waals surface area contributed by atoms with Crippen molar-refractivity contribution in [3.8, 4) is 5.75 Å². The van der Waals surface area contributed by atoms with Gasteiger partial charge in [-0.15, -0.1) is 0 Å².